The minimum atomic E-state index is 0.484. The molecular weight excluding hydrogens is 307 g/mol. The molecule has 0 saturated heterocycles. The first kappa shape index (κ1) is 14.5. The molecule has 2 aromatic rings. The van der Waals surface area contributed by atoms with E-state index < -0.39 is 0 Å². The van der Waals surface area contributed by atoms with Gasteiger partial charge in [0.25, 0.3) is 0 Å². The number of benzene rings is 1. The summed E-state index contributed by atoms with van der Waals surface area (Å²) in [5.41, 5.74) is 2.87. The van der Waals surface area contributed by atoms with Crippen LogP contribution in [0, 0.1) is 6.92 Å². The Morgan fingerprint density at radius 1 is 1.11 bits per heavy atom. The average molecular weight is 327 g/mol. The van der Waals surface area contributed by atoms with Crippen LogP contribution >= 0.6 is 0 Å². The fraction of sp³-hybridized carbons (Fsp3) is 0.222. The van der Waals surface area contributed by atoms with Gasteiger partial charge in [-0.1, -0.05) is 37.3 Å². The quantitative estimate of drug-likeness (QED) is 0.659. The van der Waals surface area contributed by atoms with Crippen LogP contribution < -0.4 is 0 Å². The van der Waals surface area contributed by atoms with Crippen LogP contribution in [0.25, 0.3) is 10.8 Å². The van der Waals surface area contributed by atoms with Crippen LogP contribution in [0.2, 0.25) is 0 Å². The van der Waals surface area contributed by atoms with Gasteiger partial charge in [0, 0.05) is 5.92 Å². The standard InChI is InChI=1S/C15H13.C3H6.Zr/c1-11-14-9-5-4-8-13(14)10-15(11)12-6-2-3-7-12;1-3-2;/h2-10,12H,1H3;1-2H3;/q-1;;. The minimum Gasteiger partial charge on any atom is -0.152 e. The van der Waals surface area contributed by atoms with E-state index in [9.17, 15) is 0 Å². The van der Waals surface area contributed by atoms with Crippen LogP contribution in [-0.4, -0.2) is 3.21 Å². The molecule has 0 spiro atoms. The van der Waals surface area contributed by atoms with E-state index in [4.69, 9.17) is 0 Å². The van der Waals surface area contributed by atoms with Crippen molar-refractivity contribution in [1.29, 1.82) is 0 Å². The molecular formula is C18H19Zr-. The fourth-order valence-corrected chi connectivity index (χ4v) is 2.38. The van der Waals surface area contributed by atoms with Crippen molar-refractivity contribution < 1.29 is 24.2 Å². The maximum absolute atomic E-state index is 2.31. The number of aryl methyl sites for hydroxylation is 1. The summed E-state index contributed by atoms with van der Waals surface area (Å²) in [4.78, 5) is 0. The van der Waals surface area contributed by atoms with E-state index in [-0.39, 0.29) is 0 Å². The third kappa shape index (κ3) is 3.54. The molecule has 0 nitrogen and oxygen atoms in total. The number of allylic oxidation sites excluding steroid dienone is 4. The van der Waals surface area contributed by atoms with Gasteiger partial charge in [-0.25, -0.2) is 0 Å². The SMILES string of the molecule is C[C](C)=[Zr].Cc1c(C2C=CC=C2)[cH-]c2ccccc12. The maximum Gasteiger partial charge on any atom is 0.00306 e. The second kappa shape index (κ2) is 6.48. The number of hydrogen-bond acceptors (Lipinski definition) is 0. The normalized spacial score (nSPS) is 13.6. The fourth-order valence-electron chi connectivity index (χ4n) is 2.38. The Hall–Kier alpha value is -0.937. The Balaban J connectivity index is 0.000000297. The van der Waals surface area contributed by atoms with Crippen molar-refractivity contribution in [2.24, 2.45) is 0 Å². The Morgan fingerprint density at radius 3 is 2.26 bits per heavy atom. The second-order valence-electron chi connectivity index (χ2n) is 5.11. The Bertz CT molecular complexity index is 625. The Labute approximate surface area is 130 Å². The second-order valence-corrected chi connectivity index (χ2v) is 7.57. The zero-order valence-corrected chi connectivity index (χ0v) is 14.2. The van der Waals surface area contributed by atoms with Crippen molar-refractivity contribution in [3.05, 3.63) is 65.8 Å². The topological polar surface area (TPSA) is 0 Å². The van der Waals surface area contributed by atoms with Gasteiger partial charge in [-0.15, -0.1) is 40.6 Å². The van der Waals surface area contributed by atoms with Crippen LogP contribution in [-0.2, 0) is 24.2 Å². The average Bonchev–Trinajstić information content (AvgIpc) is 2.97. The van der Waals surface area contributed by atoms with Crippen LogP contribution in [0.3, 0.4) is 0 Å². The van der Waals surface area contributed by atoms with Gasteiger partial charge in [-0.3, -0.25) is 0 Å². The molecule has 0 amide bonds. The summed E-state index contributed by atoms with van der Waals surface area (Å²) in [6.07, 6.45) is 8.76. The van der Waals surface area contributed by atoms with Gasteiger partial charge in [0.2, 0.25) is 0 Å². The summed E-state index contributed by atoms with van der Waals surface area (Å²) in [7, 11) is 0. The van der Waals surface area contributed by atoms with Gasteiger partial charge in [0.05, 0.1) is 0 Å². The molecule has 0 heterocycles. The zero-order chi connectivity index (χ0) is 13.8. The van der Waals surface area contributed by atoms with Crippen molar-refractivity contribution in [2.45, 2.75) is 26.7 Å². The van der Waals surface area contributed by atoms with Crippen LogP contribution in [0.5, 0.6) is 0 Å². The molecule has 0 bridgehead atoms. The smallest absolute Gasteiger partial charge is 0.00306 e. The monoisotopic (exact) mass is 325 g/mol. The molecule has 0 unspecified atom stereocenters. The molecule has 0 radical (unpaired) electrons. The summed E-state index contributed by atoms with van der Waals surface area (Å²) in [6, 6.07) is 10.9. The summed E-state index contributed by atoms with van der Waals surface area (Å²) in [6.45, 7) is 6.47. The molecule has 0 fully saturated rings. The predicted molar refractivity (Wildman–Crippen MR) is 81.7 cm³/mol. The molecule has 1 heteroatoms. The first-order valence-corrected chi connectivity index (χ1v) is 7.84. The first-order chi connectivity index (χ1) is 9.09. The number of fused-ring (bicyclic) bond motifs is 1. The van der Waals surface area contributed by atoms with Gasteiger partial charge < -0.3 is 0 Å². The van der Waals surface area contributed by atoms with Crippen LogP contribution in [0.4, 0.5) is 0 Å². The zero-order valence-electron chi connectivity index (χ0n) is 11.8. The van der Waals surface area contributed by atoms with Crippen molar-refractivity contribution in [2.75, 3.05) is 0 Å². The largest absolute Gasteiger partial charge is 0.152 e. The molecule has 0 aliphatic heterocycles. The van der Waals surface area contributed by atoms with Crippen molar-refractivity contribution in [1.82, 2.24) is 0 Å². The molecule has 2 aromatic carbocycles. The molecule has 0 saturated carbocycles. The van der Waals surface area contributed by atoms with E-state index in [2.05, 4.69) is 75.4 Å². The van der Waals surface area contributed by atoms with E-state index in [1.165, 1.54) is 25.1 Å². The van der Waals surface area contributed by atoms with Crippen LogP contribution in [0.1, 0.15) is 30.9 Å². The van der Waals surface area contributed by atoms with E-state index in [0.29, 0.717) is 5.92 Å². The molecule has 0 N–H and O–H groups in total. The van der Waals surface area contributed by atoms with Gasteiger partial charge in [0.1, 0.15) is 0 Å². The Kier molecular flexibility index (Phi) is 4.94. The summed E-state index contributed by atoms with van der Waals surface area (Å²) >= 11 is 1.55. The third-order valence-electron chi connectivity index (χ3n) is 3.22. The molecule has 1 aliphatic rings. The summed E-state index contributed by atoms with van der Waals surface area (Å²) in [5, 5.41) is 2.75. The van der Waals surface area contributed by atoms with Gasteiger partial charge in [-0.2, -0.15) is 5.56 Å². The molecule has 0 aromatic heterocycles. The van der Waals surface area contributed by atoms with E-state index >= 15 is 0 Å². The summed E-state index contributed by atoms with van der Waals surface area (Å²) < 4.78 is 1.51. The van der Waals surface area contributed by atoms with Gasteiger partial charge in [0.15, 0.2) is 0 Å². The molecule has 96 valence electrons. The van der Waals surface area contributed by atoms with E-state index in [1.54, 1.807) is 24.2 Å². The van der Waals surface area contributed by atoms with E-state index in [0.717, 1.165) is 0 Å². The van der Waals surface area contributed by atoms with E-state index in [1.807, 2.05) is 0 Å². The van der Waals surface area contributed by atoms with Crippen molar-refractivity contribution in [3.8, 4) is 0 Å². The summed E-state index contributed by atoms with van der Waals surface area (Å²) in [5.74, 6) is 0.484. The third-order valence-corrected chi connectivity index (χ3v) is 3.22. The van der Waals surface area contributed by atoms with Crippen molar-refractivity contribution in [3.63, 3.8) is 0 Å². The van der Waals surface area contributed by atoms with Crippen molar-refractivity contribution >= 4 is 14.0 Å². The molecule has 19 heavy (non-hydrogen) atoms. The predicted octanol–water partition coefficient (Wildman–Crippen LogP) is 4.82. The molecule has 0 atom stereocenters. The molecule has 3 rings (SSSR count). The molecule has 1 aliphatic carbocycles. The Morgan fingerprint density at radius 2 is 1.68 bits per heavy atom. The maximum atomic E-state index is 2.31. The van der Waals surface area contributed by atoms with Gasteiger partial charge in [-0.05, 0) is 0 Å². The van der Waals surface area contributed by atoms with Gasteiger partial charge >= 0.3 is 41.3 Å². The first-order valence-electron chi connectivity index (χ1n) is 6.61. The number of rotatable bonds is 1. The number of hydrogen-bond donors (Lipinski definition) is 0. The van der Waals surface area contributed by atoms with Crippen LogP contribution in [0.15, 0.2) is 54.6 Å². The minimum absolute atomic E-state index is 0.484.